The SMILES string of the molecule is O=C(O)Cn1c(=O)c2cccnc2n(Cc2ccc(Br)cc2F)c1=O. The molecule has 0 aliphatic carbocycles. The van der Waals surface area contributed by atoms with Crippen molar-refractivity contribution in [2.75, 3.05) is 0 Å². The highest BCUT2D eigenvalue weighted by Gasteiger charge is 2.17. The second-order valence-electron chi connectivity index (χ2n) is 5.26. The first-order chi connectivity index (χ1) is 11.9. The Morgan fingerprint density at radius 2 is 2.00 bits per heavy atom. The molecule has 0 bridgehead atoms. The van der Waals surface area contributed by atoms with E-state index in [0.717, 1.165) is 4.57 Å². The third-order valence-electron chi connectivity index (χ3n) is 3.62. The van der Waals surface area contributed by atoms with E-state index in [0.29, 0.717) is 9.04 Å². The highest BCUT2D eigenvalue weighted by Crippen LogP contribution is 2.16. The van der Waals surface area contributed by atoms with Gasteiger partial charge in [-0.15, -0.1) is 0 Å². The molecule has 0 spiro atoms. The Labute approximate surface area is 148 Å². The van der Waals surface area contributed by atoms with E-state index in [4.69, 9.17) is 5.11 Å². The predicted octanol–water partition coefficient (Wildman–Crippen LogP) is 1.59. The van der Waals surface area contributed by atoms with Gasteiger partial charge in [0.25, 0.3) is 5.56 Å². The Balaban J connectivity index is 2.28. The van der Waals surface area contributed by atoms with Crippen LogP contribution in [0.2, 0.25) is 0 Å². The smallest absolute Gasteiger partial charge is 0.333 e. The first kappa shape index (κ1) is 17.0. The van der Waals surface area contributed by atoms with Gasteiger partial charge in [-0.2, -0.15) is 0 Å². The van der Waals surface area contributed by atoms with Gasteiger partial charge in [0.15, 0.2) is 0 Å². The zero-order valence-corrected chi connectivity index (χ0v) is 14.2. The lowest BCUT2D eigenvalue weighted by Gasteiger charge is -2.13. The van der Waals surface area contributed by atoms with Gasteiger partial charge in [0.2, 0.25) is 0 Å². The number of aromatic nitrogens is 3. The van der Waals surface area contributed by atoms with Crippen molar-refractivity contribution >= 4 is 32.9 Å². The van der Waals surface area contributed by atoms with Crippen LogP contribution in [-0.4, -0.2) is 25.2 Å². The Morgan fingerprint density at radius 3 is 2.68 bits per heavy atom. The summed E-state index contributed by atoms with van der Waals surface area (Å²) >= 11 is 3.15. The minimum atomic E-state index is -1.33. The second kappa shape index (κ2) is 6.60. The molecule has 0 aliphatic heterocycles. The van der Waals surface area contributed by atoms with E-state index in [-0.39, 0.29) is 23.1 Å². The topological polar surface area (TPSA) is 94.2 Å². The van der Waals surface area contributed by atoms with Crippen molar-refractivity contribution in [3.63, 3.8) is 0 Å². The fraction of sp³-hybridized carbons (Fsp3) is 0.125. The summed E-state index contributed by atoms with van der Waals surface area (Å²) in [7, 11) is 0. The van der Waals surface area contributed by atoms with E-state index in [1.807, 2.05) is 0 Å². The first-order valence-electron chi connectivity index (χ1n) is 7.12. The molecule has 0 fully saturated rings. The van der Waals surface area contributed by atoms with E-state index in [2.05, 4.69) is 20.9 Å². The maximum absolute atomic E-state index is 14.1. The van der Waals surface area contributed by atoms with Crippen LogP contribution in [-0.2, 0) is 17.9 Å². The fourth-order valence-electron chi connectivity index (χ4n) is 2.49. The summed E-state index contributed by atoms with van der Waals surface area (Å²) in [6.07, 6.45) is 1.40. The number of aliphatic carboxylic acids is 1. The number of carboxylic acids is 1. The molecule has 2 aromatic heterocycles. The van der Waals surface area contributed by atoms with Gasteiger partial charge in [0.1, 0.15) is 18.0 Å². The van der Waals surface area contributed by atoms with Crippen LogP contribution in [0.15, 0.2) is 50.6 Å². The molecule has 25 heavy (non-hydrogen) atoms. The summed E-state index contributed by atoms with van der Waals surface area (Å²) in [5.74, 6) is -1.87. The Hall–Kier alpha value is -2.81. The number of nitrogens with zero attached hydrogens (tertiary/aromatic N) is 3. The van der Waals surface area contributed by atoms with Crippen LogP contribution in [0.1, 0.15) is 5.56 Å². The number of fused-ring (bicyclic) bond motifs is 1. The molecule has 128 valence electrons. The van der Waals surface area contributed by atoms with E-state index >= 15 is 0 Å². The molecule has 3 aromatic rings. The van der Waals surface area contributed by atoms with Crippen molar-refractivity contribution < 1.29 is 14.3 Å². The van der Waals surface area contributed by atoms with Crippen LogP contribution in [0.25, 0.3) is 11.0 Å². The van der Waals surface area contributed by atoms with Gasteiger partial charge < -0.3 is 5.11 Å². The van der Waals surface area contributed by atoms with Gasteiger partial charge in [-0.05, 0) is 24.3 Å². The van der Waals surface area contributed by atoms with Crippen LogP contribution < -0.4 is 11.2 Å². The van der Waals surface area contributed by atoms with E-state index in [1.54, 1.807) is 6.07 Å². The average molecular weight is 408 g/mol. The third kappa shape index (κ3) is 3.22. The highest BCUT2D eigenvalue weighted by molar-refractivity contribution is 9.10. The lowest BCUT2D eigenvalue weighted by atomic mass is 10.2. The van der Waals surface area contributed by atoms with Crippen molar-refractivity contribution in [3.8, 4) is 0 Å². The molecule has 0 aliphatic rings. The molecule has 7 nitrogen and oxygen atoms in total. The number of rotatable bonds is 4. The number of benzene rings is 1. The largest absolute Gasteiger partial charge is 0.480 e. The summed E-state index contributed by atoms with van der Waals surface area (Å²) < 4.78 is 16.4. The van der Waals surface area contributed by atoms with Gasteiger partial charge in [0.05, 0.1) is 11.9 Å². The van der Waals surface area contributed by atoms with Crippen LogP contribution in [0, 0.1) is 5.82 Å². The summed E-state index contributed by atoms with van der Waals surface area (Å²) in [5.41, 5.74) is -1.33. The zero-order chi connectivity index (χ0) is 18.1. The lowest BCUT2D eigenvalue weighted by Crippen LogP contribution is -2.42. The molecule has 0 saturated carbocycles. The summed E-state index contributed by atoms with van der Waals surface area (Å²) in [6, 6.07) is 7.31. The summed E-state index contributed by atoms with van der Waals surface area (Å²) in [5, 5.41) is 9.04. The van der Waals surface area contributed by atoms with E-state index < -0.39 is 29.6 Å². The van der Waals surface area contributed by atoms with Crippen LogP contribution in [0.4, 0.5) is 4.39 Å². The molecule has 0 atom stereocenters. The number of carboxylic acid groups (broad SMARTS) is 1. The zero-order valence-electron chi connectivity index (χ0n) is 12.6. The summed E-state index contributed by atoms with van der Waals surface area (Å²) in [6.45, 7) is -0.976. The summed E-state index contributed by atoms with van der Waals surface area (Å²) in [4.78, 5) is 40.0. The van der Waals surface area contributed by atoms with Crippen molar-refractivity contribution in [2.24, 2.45) is 0 Å². The van der Waals surface area contributed by atoms with Gasteiger partial charge in [0, 0.05) is 16.2 Å². The molecular weight excluding hydrogens is 397 g/mol. The number of hydrogen-bond donors (Lipinski definition) is 1. The maximum atomic E-state index is 14.1. The molecule has 9 heteroatoms. The number of pyridine rings is 1. The molecule has 0 unspecified atom stereocenters. The van der Waals surface area contributed by atoms with Crippen LogP contribution >= 0.6 is 15.9 Å². The molecule has 1 N–H and O–H groups in total. The molecule has 0 radical (unpaired) electrons. The van der Waals surface area contributed by atoms with Crippen molar-refractivity contribution in [2.45, 2.75) is 13.1 Å². The first-order valence-corrected chi connectivity index (χ1v) is 7.92. The minimum Gasteiger partial charge on any atom is -0.480 e. The molecule has 0 saturated heterocycles. The number of halogens is 2. The van der Waals surface area contributed by atoms with Crippen molar-refractivity contribution in [1.82, 2.24) is 14.1 Å². The normalized spacial score (nSPS) is 11.0. The maximum Gasteiger partial charge on any atom is 0.333 e. The highest BCUT2D eigenvalue weighted by atomic mass is 79.9. The number of carbonyl (C=O) groups is 1. The minimum absolute atomic E-state index is 0.0708. The second-order valence-corrected chi connectivity index (χ2v) is 6.18. The molecule has 2 heterocycles. The lowest BCUT2D eigenvalue weighted by molar-refractivity contribution is -0.137. The Morgan fingerprint density at radius 1 is 1.24 bits per heavy atom. The van der Waals surface area contributed by atoms with Crippen LogP contribution in [0.5, 0.6) is 0 Å². The van der Waals surface area contributed by atoms with Crippen molar-refractivity contribution in [1.29, 1.82) is 0 Å². The van der Waals surface area contributed by atoms with Gasteiger partial charge in [-0.1, -0.05) is 22.0 Å². The molecule has 1 aromatic carbocycles. The van der Waals surface area contributed by atoms with Crippen LogP contribution in [0.3, 0.4) is 0 Å². The van der Waals surface area contributed by atoms with Gasteiger partial charge in [-0.3, -0.25) is 14.2 Å². The quantitative estimate of drug-likeness (QED) is 0.708. The molecular formula is C16H11BrFN3O4. The molecule has 0 amide bonds. The van der Waals surface area contributed by atoms with Gasteiger partial charge in [-0.25, -0.2) is 18.7 Å². The monoisotopic (exact) mass is 407 g/mol. The number of hydrogen-bond acceptors (Lipinski definition) is 4. The average Bonchev–Trinajstić information content (AvgIpc) is 2.57. The van der Waals surface area contributed by atoms with Gasteiger partial charge >= 0.3 is 11.7 Å². The third-order valence-corrected chi connectivity index (χ3v) is 4.11. The Bertz CT molecular complexity index is 1110. The standard InChI is InChI=1S/C16H11BrFN3O4/c17-10-4-3-9(12(18)6-10)7-20-14-11(2-1-5-19-14)15(24)21(16(20)25)8-13(22)23/h1-6H,7-8H2,(H,22,23). The predicted molar refractivity (Wildman–Crippen MR) is 91.1 cm³/mol. The van der Waals surface area contributed by atoms with E-state index in [1.165, 1.54) is 30.5 Å². The fourth-order valence-corrected chi connectivity index (χ4v) is 2.82. The van der Waals surface area contributed by atoms with Crippen molar-refractivity contribution in [3.05, 3.63) is 73.2 Å². The van der Waals surface area contributed by atoms with E-state index in [9.17, 15) is 18.8 Å². The Kier molecular flexibility index (Phi) is 4.49. The molecule has 3 rings (SSSR count).